The lowest BCUT2D eigenvalue weighted by Gasteiger charge is -2.03. The Morgan fingerprint density at radius 1 is 1.00 bits per heavy atom. The highest BCUT2D eigenvalue weighted by Crippen LogP contribution is 2.21. The van der Waals surface area contributed by atoms with Crippen molar-refractivity contribution in [3.05, 3.63) is 42.2 Å². The standard InChI is InChI=1S/C15H15N3/c1-2-3-8-14-16-13-10-9-11-6-4-5-7-12(11)15(13)18-17-14/h4-7,9-10H,2-3,8H2,1H3. The molecule has 0 aliphatic rings. The lowest BCUT2D eigenvalue weighted by molar-refractivity contribution is 0.739. The van der Waals surface area contributed by atoms with Gasteiger partial charge >= 0.3 is 0 Å². The first-order valence-electron chi connectivity index (χ1n) is 6.39. The first-order chi connectivity index (χ1) is 8.88. The minimum atomic E-state index is 0.847. The summed E-state index contributed by atoms with van der Waals surface area (Å²) in [4.78, 5) is 4.59. The van der Waals surface area contributed by atoms with Crippen LogP contribution in [0.2, 0.25) is 0 Å². The van der Waals surface area contributed by atoms with E-state index in [-0.39, 0.29) is 0 Å². The van der Waals surface area contributed by atoms with Crippen molar-refractivity contribution >= 4 is 21.8 Å². The summed E-state index contributed by atoms with van der Waals surface area (Å²) in [6, 6.07) is 12.3. The molecule has 0 atom stereocenters. The molecule has 1 aromatic heterocycles. The third kappa shape index (κ3) is 1.92. The molecule has 0 N–H and O–H groups in total. The molecular formula is C15H15N3. The first-order valence-corrected chi connectivity index (χ1v) is 6.39. The van der Waals surface area contributed by atoms with Gasteiger partial charge in [0.15, 0.2) is 5.82 Å². The summed E-state index contributed by atoms with van der Waals surface area (Å²) in [7, 11) is 0. The Labute approximate surface area is 106 Å². The van der Waals surface area contributed by atoms with Gasteiger partial charge in [-0.3, -0.25) is 0 Å². The normalized spacial score (nSPS) is 11.2. The number of unbranched alkanes of at least 4 members (excludes halogenated alkanes) is 1. The van der Waals surface area contributed by atoms with Crippen molar-refractivity contribution in [2.24, 2.45) is 0 Å². The molecule has 18 heavy (non-hydrogen) atoms. The quantitative estimate of drug-likeness (QED) is 0.654. The van der Waals surface area contributed by atoms with Crippen molar-refractivity contribution in [2.75, 3.05) is 0 Å². The lowest BCUT2D eigenvalue weighted by Crippen LogP contribution is -1.98. The third-order valence-electron chi connectivity index (χ3n) is 3.15. The van der Waals surface area contributed by atoms with E-state index >= 15 is 0 Å². The van der Waals surface area contributed by atoms with Gasteiger partial charge in [-0.25, -0.2) is 4.98 Å². The fourth-order valence-electron chi connectivity index (χ4n) is 2.15. The maximum Gasteiger partial charge on any atom is 0.151 e. The highest BCUT2D eigenvalue weighted by atomic mass is 15.1. The van der Waals surface area contributed by atoms with E-state index < -0.39 is 0 Å². The van der Waals surface area contributed by atoms with Crippen LogP contribution >= 0.6 is 0 Å². The summed E-state index contributed by atoms with van der Waals surface area (Å²) < 4.78 is 0. The number of aryl methyl sites for hydroxylation is 1. The van der Waals surface area contributed by atoms with Crippen LogP contribution in [0.1, 0.15) is 25.6 Å². The fourth-order valence-corrected chi connectivity index (χ4v) is 2.15. The van der Waals surface area contributed by atoms with Gasteiger partial charge in [-0.2, -0.15) is 0 Å². The Morgan fingerprint density at radius 2 is 1.89 bits per heavy atom. The lowest BCUT2D eigenvalue weighted by atomic mass is 10.1. The minimum Gasteiger partial charge on any atom is -0.229 e. The van der Waals surface area contributed by atoms with Gasteiger partial charge in [0, 0.05) is 11.8 Å². The van der Waals surface area contributed by atoms with E-state index in [1.54, 1.807) is 0 Å². The Morgan fingerprint density at radius 3 is 2.78 bits per heavy atom. The van der Waals surface area contributed by atoms with E-state index in [1.807, 2.05) is 18.2 Å². The number of aromatic nitrogens is 3. The molecule has 0 spiro atoms. The number of rotatable bonds is 3. The average Bonchev–Trinajstić information content (AvgIpc) is 2.44. The first kappa shape index (κ1) is 11.1. The molecule has 2 aromatic carbocycles. The second-order valence-electron chi connectivity index (χ2n) is 4.49. The summed E-state index contributed by atoms with van der Waals surface area (Å²) in [6.45, 7) is 2.17. The Kier molecular flexibility index (Phi) is 2.89. The van der Waals surface area contributed by atoms with E-state index in [0.29, 0.717) is 0 Å². The molecule has 3 nitrogen and oxygen atoms in total. The van der Waals surface area contributed by atoms with Crippen molar-refractivity contribution in [2.45, 2.75) is 26.2 Å². The van der Waals surface area contributed by atoms with Crippen LogP contribution in [0.4, 0.5) is 0 Å². The smallest absolute Gasteiger partial charge is 0.151 e. The van der Waals surface area contributed by atoms with E-state index in [1.165, 1.54) is 5.39 Å². The predicted octanol–water partition coefficient (Wildman–Crippen LogP) is 3.52. The maximum absolute atomic E-state index is 4.59. The molecular weight excluding hydrogens is 222 g/mol. The Balaban J connectivity index is 2.15. The van der Waals surface area contributed by atoms with Gasteiger partial charge in [0.2, 0.25) is 0 Å². The van der Waals surface area contributed by atoms with Crippen molar-refractivity contribution in [3.8, 4) is 0 Å². The van der Waals surface area contributed by atoms with Crippen LogP contribution in [0.3, 0.4) is 0 Å². The van der Waals surface area contributed by atoms with Crippen LogP contribution in [-0.4, -0.2) is 15.2 Å². The molecule has 0 unspecified atom stereocenters. The number of hydrogen-bond donors (Lipinski definition) is 0. The van der Waals surface area contributed by atoms with E-state index in [2.05, 4.69) is 40.3 Å². The second-order valence-corrected chi connectivity index (χ2v) is 4.49. The summed E-state index contributed by atoms with van der Waals surface area (Å²) in [6.07, 6.45) is 3.17. The molecule has 0 saturated heterocycles. The Hall–Kier alpha value is -2.03. The molecule has 90 valence electrons. The molecule has 0 aliphatic heterocycles. The van der Waals surface area contributed by atoms with Crippen LogP contribution in [0.25, 0.3) is 21.8 Å². The zero-order chi connectivity index (χ0) is 12.4. The van der Waals surface area contributed by atoms with Crippen LogP contribution in [0.5, 0.6) is 0 Å². The third-order valence-corrected chi connectivity index (χ3v) is 3.15. The summed E-state index contributed by atoms with van der Waals surface area (Å²) in [5, 5.41) is 10.9. The molecule has 0 fully saturated rings. The van der Waals surface area contributed by atoms with E-state index in [0.717, 1.165) is 41.5 Å². The van der Waals surface area contributed by atoms with Crippen molar-refractivity contribution < 1.29 is 0 Å². The summed E-state index contributed by atoms with van der Waals surface area (Å²) in [5.74, 6) is 0.847. The molecule has 0 radical (unpaired) electrons. The molecule has 0 bridgehead atoms. The number of benzene rings is 2. The monoisotopic (exact) mass is 237 g/mol. The molecule has 0 saturated carbocycles. The molecule has 3 aromatic rings. The van der Waals surface area contributed by atoms with Gasteiger partial charge in [-0.1, -0.05) is 43.7 Å². The number of nitrogens with zero attached hydrogens (tertiary/aromatic N) is 3. The van der Waals surface area contributed by atoms with Crippen molar-refractivity contribution in [3.63, 3.8) is 0 Å². The van der Waals surface area contributed by atoms with Gasteiger partial charge < -0.3 is 0 Å². The number of hydrogen-bond acceptors (Lipinski definition) is 3. The molecule has 3 heteroatoms. The molecule has 1 heterocycles. The Bertz CT molecular complexity index is 691. The summed E-state index contributed by atoms with van der Waals surface area (Å²) in [5.41, 5.74) is 1.84. The molecule has 3 rings (SSSR count). The van der Waals surface area contributed by atoms with Crippen LogP contribution < -0.4 is 0 Å². The van der Waals surface area contributed by atoms with Gasteiger partial charge in [0.05, 0.1) is 5.52 Å². The number of fused-ring (bicyclic) bond motifs is 3. The topological polar surface area (TPSA) is 38.7 Å². The predicted molar refractivity (Wildman–Crippen MR) is 73.5 cm³/mol. The zero-order valence-corrected chi connectivity index (χ0v) is 10.4. The largest absolute Gasteiger partial charge is 0.229 e. The average molecular weight is 237 g/mol. The minimum absolute atomic E-state index is 0.847. The van der Waals surface area contributed by atoms with Gasteiger partial charge in [0.25, 0.3) is 0 Å². The van der Waals surface area contributed by atoms with Gasteiger partial charge in [-0.05, 0) is 17.9 Å². The van der Waals surface area contributed by atoms with Crippen molar-refractivity contribution in [1.29, 1.82) is 0 Å². The molecule has 0 amide bonds. The van der Waals surface area contributed by atoms with Crippen molar-refractivity contribution in [1.82, 2.24) is 15.2 Å². The summed E-state index contributed by atoms with van der Waals surface area (Å²) >= 11 is 0. The second kappa shape index (κ2) is 4.69. The SMILES string of the molecule is CCCCc1nnc2c(ccc3ccccc32)n1. The molecule has 0 aliphatic carbocycles. The highest BCUT2D eigenvalue weighted by Gasteiger charge is 2.05. The van der Waals surface area contributed by atoms with Crippen LogP contribution in [0, 0.1) is 0 Å². The highest BCUT2D eigenvalue weighted by molar-refractivity contribution is 6.03. The van der Waals surface area contributed by atoms with Crippen LogP contribution in [0.15, 0.2) is 36.4 Å². The zero-order valence-electron chi connectivity index (χ0n) is 10.4. The van der Waals surface area contributed by atoms with E-state index in [4.69, 9.17) is 0 Å². The van der Waals surface area contributed by atoms with E-state index in [9.17, 15) is 0 Å². The van der Waals surface area contributed by atoms with Gasteiger partial charge in [0.1, 0.15) is 5.52 Å². The van der Waals surface area contributed by atoms with Crippen LogP contribution in [-0.2, 0) is 6.42 Å². The van der Waals surface area contributed by atoms with Gasteiger partial charge in [-0.15, -0.1) is 10.2 Å². The maximum atomic E-state index is 4.59. The fraction of sp³-hybridized carbons (Fsp3) is 0.267.